The van der Waals surface area contributed by atoms with Crippen molar-refractivity contribution in [2.45, 2.75) is 57.1 Å². The number of halogens is 1. The molecule has 3 N–H and O–H groups in total. The van der Waals surface area contributed by atoms with Crippen molar-refractivity contribution in [3.63, 3.8) is 0 Å². The minimum absolute atomic E-state index is 0.135. The van der Waals surface area contributed by atoms with Gasteiger partial charge in [-0.15, -0.1) is 0 Å². The van der Waals surface area contributed by atoms with E-state index in [9.17, 15) is 8.42 Å². The van der Waals surface area contributed by atoms with Crippen molar-refractivity contribution in [3.8, 4) is 11.5 Å². The molecule has 0 unspecified atom stereocenters. The summed E-state index contributed by atoms with van der Waals surface area (Å²) in [6, 6.07) is 12.3. The van der Waals surface area contributed by atoms with Gasteiger partial charge in [-0.2, -0.15) is 4.98 Å². The number of rotatable bonds is 13. The predicted molar refractivity (Wildman–Crippen MR) is 167 cm³/mol. The zero-order chi connectivity index (χ0) is 28.7. The maximum atomic E-state index is 13.2. The number of para-hydroxylation sites is 1. The van der Waals surface area contributed by atoms with Gasteiger partial charge in [-0.05, 0) is 80.1 Å². The third kappa shape index (κ3) is 7.74. The smallest absolute Gasteiger partial charge is 0.242 e. The van der Waals surface area contributed by atoms with Gasteiger partial charge >= 0.3 is 0 Å². The van der Waals surface area contributed by atoms with Gasteiger partial charge in [0.25, 0.3) is 0 Å². The lowest BCUT2D eigenvalue weighted by Gasteiger charge is -2.18. The van der Waals surface area contributed by atoms with E-state index in [2.05, 4.69) is 59.9 Å². The molecule has 2 heterocycles. The second-order valence-corrected chi connectivity index (χ2v) is 12.5. The number of hydrogen-bond acceptors (Lipinski definition) is 9. The van der Waals surface area contributed by atoms with Crippen LogP contribution in [-0.2, 0) is 10.0 Å². The van der Waals surface area contributed by atoms with Gasteiger partial charge in [0.2, 0.25) is 16.0 Å². The molecule has 10 nitrogen and oxygen atoms in total. The number of hydrogen-bond donors (Lipinski definition) is 3. The van der Waals surface area contributed by atoms with E-state index in [1.807, 2.05) is 39.0 Å². The predicted octanol–water partition coefficient (Wildman–Crippen LogP) is 5.52. The first-order valence-corrected chi connectivity index (χ1v) is 16.1. The maximum absolute atomic E-state index is 13.2. The Morgan fingerprint density at radius 3 is 2.58 bits per heavy atom. The van der Waals surface area contributed by atoms with Gasteiger partial charge < -0.3 is 25.0 Å². The number of nitrogens with one attached hydrogen (secondary N) is 3. The molecule has 0 saturated carbocycles. The van der Waals surface area contributed by atoms with E-state index < -0.39 is 10.0 Å². The van der Waals surface area contributed by atoms with E-state index in [4.69, 9.17) is 9.47 Å². The van der Waals surface area contributed by atoms with E-state index >= 15 is 0 Å². The lowest BCUT2D eigenvalue weighted by atomic mass is 10.2. The highest BCUT2D eigenvalue weighted by Crippen LogP contribution is 2.33. The molecule has 0 bridgehead atoms. The Kier molecular flexibility index (Phi) is 10.4. The van der Waals surface area contributed by atoms with E-state index in [0.29, 0.717) is 48.3 Å². The lowest BCUT2D eigenvalue weighted by molar-refractivity contribution is 0.207. The van der Waals surface area contributed by atoms with Gasteiger partial charge in [0, 0.05) is 31.4 Å². The van der Waals surface area contributed by atoms with Gasteiger partial charge in [-0.1, -0.05) is 26.0 Å². The van der Waals surface area contributed by atoms with Crippen LogP contribution in [-0.4, -0.2) is 62.2 Å². The number of likely N-dealkylation sites (tertiary alicyclic amines) is 1. The minimum Gasteiger partial charge on any atom is -0.492 e. The van der Waals surface area contributed by atoms with E-state index in [1.54, 1.807) is 30.5 Å². The number of likely N-dealkylation sites (N-methyl/N-ethyl adjacent to an activating group) is 1. The fraction of sp³-hybridized carbons (Fsp3) is 0.429. The Morgan fingerprint density at radius 2 is 1.88 bits per heavy atom. The molecule has 1 aliphatic heterocycles. The normalized spacial score (nSPS) is 15.8. The van der Waals surface area contributed by atoms with Crippen molar-refractivity contribution in [1.29, 1.82) is 0 Å². The summed E-state index contributed by atoms with van der Waals surface area (Å²) in [6.07, 6.45) is 4.23. The largest absolute Gasteiger partial charge is 0.492 e. The van der Waals surface area contributed by atoms with Crippen LogP contribution >= 0.6 is 22.6 Å². The van der Waals surface area contributed by atoms with Crippen molar-refractivity contribution in [2.24, 2.45) is 0 Å². The minimum atomic E-state index is -3.74. The van der Waals surface area contributed by atoms with Crippen molar-refractivity contribution in [3.05, 3.63) is 52.2 Å². The molecule has 40 heavy (non-hydrogen) atoms. The standard InChI is InChI=1S/C28H37IN6O4S/c1-5-19(6-2)34-40(36,37)26-11-9-8-10-24(26)31-27-22(29)17-30-28(33-27)32-23-13-12-20(16-25(23)38-7-3)39-21-14-15-35(4)18-21/h8-13,16-17,19,21,34H,5-7,14-15,18H2,1-4H3,(H2,30,31,32,33)/t21-/m0/s1. The molecular weight excluding hydrogens is 643 g/mol. The summed E-state index contributed by atoms with van der Waals surface area (Å²) in [5.41, 5.74) is 1.12. The molecule has 1 saturated heterocycles. The van der Waals surface area contributed by atoms with E-state index in [1.165, 1.54) is 0 Å². The molecule has 0 aliphatic carbocycles. The summed E-state index contributed by atoms with van der Waals surface area (Å²) in [5, 5.41) is 6.44. The third-order valence-corrected chi connectivity index (χ3v) is 9.00. The second kappa shape index (κ2) is 13.8. The molecule has 1 fully saturated rings. The number of anilines is 4. The summed E-state index contributed by atoms with van der Waals surface area (Å²) in [6.45, 7) is 8.26. The highest BCUT2D eigenvalue weighted by Gasteiger charge is 2.23. The number of ether oxygens (including phenoxy) is 2. The monoisotopic (exact) mass is 680 g/mol. The molecule has 12 heteroatoms. The van der Waals surface area contributed by atoms with Crippen LogP contribution in [0.4, 0.5) is 23.1 Å². The van der Waals surface area contributed by atoms with Crippen LogP contribution < -0.4 is 24.8 Å². The van der Waals surface area contributed by atoms with Crippen LogP contribution in [0.25, 0.3) is 0 Å². The Labute approximate surface area is 250 Å². The summed E-state index contributed by atoms with van der Waals surface area (Å²) in [5.74, 6) is 2.20. The summed E-state index contributed by atoms with van der Waals surface area (Å²) in [4.78, 5) is 11.5. The molecule has 216 valence electrons. The first-order chi connectivity index (χ1) is 19.2. The fourth-order valence-corrected chi connectivity index (χ4v) is 6.40. The van der Waals surface area contributed by atoms with Crippen molar-refractivity contribution < 1.29 is 17.9 Å². The topological polar surface area (TPSA) is 118 Å². The lowest BCUT2D eigenvalue weighted by Crippen LogP contribution is -2.34. The van der Waals surface area contributed by atoms with Crippen molar-refractivity contribution in [1.82, 2.24) is 19.6 Å². The molecule has 3 aromatic rings. The van der Waals surface area contributed by atoms with Crippen molar-refractivity contribution in [2.75, 3.05) is 37.4 Å². The number of benzene rings is 2. The van der Waals surface area contributed by atoms with Crippen LogP contribution in [0, 0.1) is 3.57 Å². The quantitative estimate of drug-likeness (QED) is 0.201. The third-order valence-electron chi connectivity index (χ3n) is 6.63. The average Bonchev–Trinajstić information content (AvgIpc) is 3.35. The Morgan fingerprint density at radius 1 is 1.10 bits per heavy atom. The van der Waals surface area contributed by atoms with Gasteiger partial charge in [0.05, 0.1) is 21.6 Å². The number of nitrogens with zero attached hydrogens (tertiary/aromatic N) is 3. The van der Waals surface area contributed by atoms with Crippen LogP contribution in [0.2, 0.25) is 0 Å². The van der Waals surface area contributed by atoms with Crippen LogP contribution in [0.5, 0.6) is 11.5 Å². The fourth-order valence-electron chi connectivity index (χ4n) is 4.44. The van der Waals surface area contributed by atoms with Crippen LogP contribution in [0.3, 0.4) is 0 Å². The van der Waals surface area contributed by atoms with Crippen LogP contribution in [0.15, 0.2) is 53.6 Å². The van der Waals surface area contributed by atoms with Crippen molar-refractivity contribution >= 4 is 55.8 Å². The molecule has 0 spiro atoms. The zero-order valence-electron chi connectivity index (χ0n) is 23.3. The summed E-state index contributed by atoms with van der Waals surface area (Å²) >= 11 is 2.12. The summed E-state index contributed by atoms with van der Waals surface area (Å²) < 4.78 is 42.0. The first kappa shape index (κ1) is 30.3. The molecule has 1 aliphatic rings. The molecular formula is C28H37IN6O4S. The molecule has 0 radical (unpaired) electrons. The molecule has 0 amide bonds. The number of sulfonamides is 1. The zero-order valence-corrected chi connectivity index (χ0v) is 26.3. The Bertz CT molecular complexity index is 1400. The maximum Gasteiger partial charge on any atom is 0.242 e. The van der Waals surface area contributed by atoms with Crippen LogP contribution in [0.1, 0.15) is 40.0 Å². The van der Waals surface area contributed by atoms with Gasteiger partial charge in [-0.3, -0.25) is 0 Å². The van der Waals surface area contributed by atoms with Gasteiger partial charge in [0.1, 0.15) is 28.3 Å². The second-order valence-electron chi connectivity index (χ2n) is 9.65. The highest BCUT2D eigenvalue weighted by molar-refractivity contribution is 14.1. The molecule has 4 rings (SSSR count). The Balaban J connectivity index is 1.56. The molecule has 1 aromatic heterocycles. The van der Waals surface area contributed by atoms with E-state index in [-0.39, 0.29) is 17.0 Å². The first-order valence-electron chi connectivity index (χ1n) is 13.5. The summed E-state index contributed by atoms with van der Waals surface area (Å²) in [7, 11) is -1.65. The SMILES string of the molecule is CCOc1cc(O[C@H]2CCN(C)C2)ccc1Nc1ncc(I)c(Nc2ccccc2S(=O)(=O)NC(CC)CC)n1. The van der Waals surface area contributed by atoms with E-state index in [0.717, 1.165) is 28.8 Å². The number of aromatic nitrogens is 2. The van der Waals surface area contributed by atoms with Gasteiger partial charge in [0.15, 0.2) is 0 Å². The van der Waals surface area contributed by atoms with Gasteiger partial charge in [-0.25, -0.2) is 18.1 Å². The molecule has 1 atom stereocenters. The average molecular weight is 681 g/mol. The molecule has 2 aromatic carbocycles. The highest BCUT2D eigenvalue weighted by atomic mass is 127. The Hall–Kier alpha value is -2.68.